The van der Waals surface area contributed by atoms with Crippen LogP contribution in [0.1, 0.15) is 4.88 Å². The zero-order valence-electron chi connectivity index (χ0n) is 9.47. The molecule has 0 radical (unpaired) electrons. The van der Waals surface area contributed by atoms with Gasteiger partial charge in [0.05, 0.1) is 15.3 Å². The van der Waals surface area contributed by atoms with Gasteiger partial charge in [0.1, 0.15) is 6.61 Å². The van der Waals surface area contributed by atoms with Crippen LogP contribution in [0.4, 0.5) is 0 Å². The summed E-state index contributed by atoms with van der Waals surface area (Å²) in [5.41, 5.74) is 0. The summed E-state index contributed by atoms with van der Waals surface area (Å²) in [6, 6.07) is 1.53. The van der Waals surface area contributed by atoms with Gasteiger partial charge in [-0.2, -0.15) is 0 Å². The molecule has 0 fully saturated rings. The number of sulfonamides is 1. The van der Waals surface area contributed by atoms with E-state index in [4.69, 9.17) is 9.84 Å². The zero-order valence-corrected chi connectivity index (χ0v) is 12.7. The average Bonchev–Trinajstić information content (AvgIpc) is 2.57. The molecule has 0 bridgehead atoms. The second-order valence-corrected chi connectivity index (χ2v) is 7.69. The van der Waals surface area contributed by atoms with Gasteiger partial charge in [-0.25, -0.2) is 17.9 Å². The number of hydrogen-bond acceptors (Lipinski definition) is 5. The lowest BCUT2D eigenvalue weighted by atomic mass is 10.5. The number of aryl methyl sites for hydroxylation is 1. The Morgan fingerprint density at radius 2 is 2.28 bits per heavy atom. The third-order valence-corrected chi connectivity index (χ3v) is 5.17. The van der Waals surface area contributed by atoms with E-state index in [1.54, 1.807) is 6.92 Å². The van der Waals surface area contributed by atoms with Crippen molar-refractivity contribution < 1.29 is 23.1 Å². The van der Waals surface area contributed by atoms with Crippen LogP contribution in [-0.4, -0.2) is 39.3 Å². The van der Waals surface area contributed by atoms with Crippen LogP contribution in [0.3, 0.4) is 0 Å². The van der Waals surface area contributed by atoms with Crippen molar-refractivity contribution in [1.82, 2.24) is 4.72 Å². The smallest absolute Gasteiger partial charge is 0.329 e. The number of aliphatic carboxylic acids is 1. The van der Waals surface area contributed by atoms with Gasteiger partial charge in [0.15, 0.2) is 0 Å². The van der Waals surface area contributed by atoms with Crippen LogP contribution in [0.2, 0.25) is 0 Å². The fraction of sp³-hybridized carbons (Fsp3) is 0.444. The number of carbonyl (C=O) groups is 1. The van der Waals surface area contributed by atoms with Crippen molar-refractivity contribution >= 4 is 43.3 Å². The highest BCUT2D eigenvalue weighted by Crippen LogP contribution is 2.29. The Morgan fingerprint density at radius 3 is 2.78 bits per heavy atom. The van der Waals surface area contributed by atoms with E-state index in [0.29, 0.717) is 4.88 Å². The Kier molecular flexibility index (Phi) is 5.73. The van der Waals surface area contributed by atoms with Crippen molar-refractivity contribution in [3.63, 3.8) is 0 Å². The van der Waals surface area contributed by atoms with Crippen molar-refractivity contribution in [2.45, 2.75) is 11.8 Å². The molecule has 1 rings (SSSR count). The molecule has 102 valence electrons. The molecular formula is C9H12BrNO5S2. The third-order valence-electron chi connectivity index (χ3n) is 1.90. The summed E-state index contributed by atoms with van der Waals surface area (Å²) in [5.74, 6) is -1.09. The lowest BCUT2D eigenvalue weighted by Gasteiger charge is -2.05. The highest BCUT2D eigenvalue weighted by molar-refractivity contribution is 9.11. The fourth-order valence-corrected chi connectivity index (χ4v) is 4.61. The molecule has 0 saturated carbocycles. The van der Waals surface area contributed by atoms with E-state index in [2.05, 4.69) is 20.7 Å². The van der Waals surface area contributed by atoms with Crippen molar-refractivity contribution in [3.05, 3.63) is 14.7 Å². The Labute approximate surface area is 117 Å². The molecule has 18 heavy (non-hydrogen) atoms. The van der Waals surface area contributed by atoms with E-state index < -0.39 is 22.6 Å². The van der Waals surface area contributed by atoms with Crippen molar-refractivity contribution in [2.75, 3.05) is 19.8 Å². The van der Waals surface area contributed by atoms with E-state index in [-0.39, 0.29) is 18.0 Å². The van der Waals surface area contributed by atoms with Gasteiger partial charge in [0, 0.05) is 11.4 Å². The summed E-state index contributed by atoms with van der Waals surface area (Å²) in [6.45, 7) is 1.31. The van der Waals surface area contributed by atoms with Crippen LogP contribution in [0.25, 0.3) is 0 Å². The number of hydrogen-bond donors (Lipinski definition) is 2. The minimum atomic E-state index is -3.57. The first kappa shape index (κ1) is 15.6. The monoisotopic (exact) mass is 357 g/mol. The first-order valence-electron chi connectivity index (χ1n) is 4.88. The predicted octanol–water partition coefficient (Wildman–Crippen LogP) is 1.20. The molecule has 1 heterocycles. The molecule has 6 nitrogen and oxygen atoms in total. The molecule has 1 aromatic rings. The zero-order chi connectivity index (χ0) is 13.8. The minimum Gasteiger partial charge on any atom is -0.480 e. The number of halogens is 1. The number of carboxylic acids is 1. The molecule has 0 aromatic carbocycles. The lowest BCUT2D eigenvalue weighted by molar-refractivity contribution is -0.142. The molecule has 2 N–H and O–H groups in total. The quantitative estimate of drug-likeness (QED) is 0.715. The number of rotatable bonds is 7. The van der Waals surface area contributed by atoms with E-state index in [1.807, 2.05) is 0 Å². The first-order valence-corrected chi connectivity index (χ1v) is 7.97. The molecule has 9 heteroatoms. The van der Waals surface area contributed by atoms with Crippen LogP contribution in [-0.2, 0) is 19.6 Å². The van der Waals surface area contributed by atoms with Gasteiger partial charge in [0.2, 0.25) is 10.0 Å². The predicted molar refractivity (Wildman–Crippen MR) is 70.4 cm³/mol. The van der Waals surface area contributed by atoms with Crippen LogP contribution < -0.4 is 4.72 Å². The molecule has 0 aliphatic heterocycles. The normalized spacial score (nSPS) is 11.7. The van der Waals surface area contributed by atoms with Crippen molar-refractivity contribution in [2.24, 2.45) is 0 Å². The molecule has 0 aliphatic rings. The standard InChI is InChI=1S/C9H12BrNO5S2/c1-6-7(4-8(10)17-6)18(14,15)11-2-3-16-5-9(12)13/h4,11H,2-3,5H2,1H3,(H,12,13). The van der Waals surface area contributed by atoms with Crippen LogP contribution in [0.5, 0.6) is 0 Å². The lowest BCUT2D eigenvalue weighted by Crippen LogP contribution is -2.28. The summed E-state index contributed by atoms with van der Waals surface area (Å²) in [5, 5.41) is 8.32. The minimum absolute atomic E-state index is 0.00981. The molecular weight excluding hydrogens is 346 g/mol. The van der Waals surface area contributed by atoms with Gasteiger partial charge in [-0.1, -0.05) is 0 Å². The van der Waals surface area contributed by atoms with E-state index in [1.165, 1.54) is 17.4 Å². The van der Waals surface area contributed by atoms with E-state index >= 15 is 0 Å². The molecule has 0 aliphatic carbocycles. The van der Waals surface area contributed by atoms with Crippen molar-refractivity contribution in [1.29, 1.82) is 0 Å². The highest BCUT2D eigenvalue weighted by atomic mass is 79.9. The van der Waals surface area contributed by atoms with Gasteiger partial charge in [-0.3, -0.25) is 0 Å². The second-order valence-electron chi connectivity index (χ2n) is 3.32. The number of ether oxygens (including phenoxy) is 1. The molecule has 1 aromatic heterocycles. The maximum Gasteiger partial charge on any atom is 0.329 e. The summed E-state index contributed by atoms with van der Waals surface area (Å²) < 4.78 is 31.5. The summed E-state index contributed by atoms with van der Waals surface area (Å²) >= 11 is 4.55. The van der Waals surface area contributed by atoms with E-state index in [0.717, 1.165) is 3.79 Å². The number of nitrogens with one attached hydrogen (secondary N) is 1. The largest absolute Gasteiger partial charge is 0.480 e. The molecule has 0 saturated heterocycles. The Balaban J connectivity index is 2.51. The Bertz CT molecular complexity index is 525. The third kappa shape index (κ3) is 4.65. The molecule has 0 spiro atoms. The van der Waals surface area contributed by atoms with Gasteiger partial charge in [0.25, 0.3) is 0 Å². The topological polar surface area (TPSA) is 92.7 Å². The summed E-state index contributed by atoms with van der Waals surface area (Å²) in [6.07, 6.45) is 0. The first-order chi connectivity index (χ1) is 8.33. The Hall–Kier alpha value is -0.480. The second kappa shape index (κ2) is 6.62. The molecule has 0 atom stereocenters. The van der Waals surface area contributed by atoms with Crippen LogP contribution >= 0.6 is 27.3 Å². The maximum absolute atomic E-state index is 11.9. The number of thiophene rings is 1. The van der Waals surface area contributed by atoms with E-state index in [9.17, 15) is 13.2 Å². The van der Waals surface area contributed by atoms with Crippen LogP contribution in [0.15, 0.2) is 14.7 Å². The van der Waals surface area contributed by atoms with Gasteiger partial charge >= 0.3 is 5.97 Å². The summed E-state index contributed by atoms with van der Waals surface area (Å²) in [7, 11) is -3.57. The molecule has 0 unspecified atom stereocenters. The van der Waals surface area contributed by atoms with Gasteiger partial charge < -0.3 is 9.84 Å². The SMILES string of the molecule is Cc1sc(Br)cc1S(=O)(=O)NCCOCC(=O)O. The fourth-order valence-electron chi connectivity index (χ4n) is 1.18. The van der Waals surface area contributed by atoms with Gasteiger partial charge in [-0.05, 0) is 28.9 Å². The molecule has 0 amide bonds. The summed E-state index contributed by atoms with van der Waals surface area (Å²) in [4.78, 5) is 11.1. The highest BCUT2D eigenvalue weighted by Gasteiger charge is 2.18. The average molecular weight is 358 g/mol. The van der Waals surface area contributed by atoms with Crippen LogP contribution in [0, 0.1) is 6.92 Å². The maximum atomic E-state index is 11.9. The Morgan fingerprint density at radius 1 is 1.61 bits per heavy atom. The van der Waals surface area contributed by atoms with Gasteiger partial charge in [-0.15, -0.1) is 11.3 Å². The van der Waals surface area contributed by atoms with Crippen molar-refractivity contribution in [3.8, 4) is 0 Å². The number of carboxylic acid groups (broad SMARTS) is 1.